The second-order valence-corrected chi connectivity index (χ2v) is 8.72. The number of ether oxygens (including phenoxy) is 2. The predicted octanol–water partition coefficient (Wildman–Crippen LogP) is 6.12. The highest BCUT2D eigenvalue weighted by Gasteiger charge is 2.51. The molecule has 0 aliphatic carbocycles. The van der Waals surface area contributed by atoms with E-state index < -0.39 is 5.41 Å². The Morgan fingerprint density at radius 1 is 0.848 bits per heavy atom. The molecular weight excluding hydrogens is 413 g/mol. The highest BCUT2D eigenvalue weighted by Crippen LogP contribution is 2.54. The van der Waals surface area contributed by atoms with E-state index in [1.54, 1.807) is 12.1 Å². The minimum Gasteiger partial charge on any atom is -0.494 e. The van der Waals surface area contributed by atoms with Crippen molar-refractivity contribution in [3.05, 3.63) is 125 Å². The van der Waals surface area contributed by atoms with E-state index in [4.69, 9.17) is 9.47 Å². The molecule has 0 saturated heterocycles. The lowest BCUT2D eigenvalue weighted by atomic mass is 9.77. The molecule has 0 aromatic heterocycles. The molecule has 1 atom stereocenters. The molecule has 2 aliphatic heterocycles. The lowest BCUT2D eigenvalue weighted by molar-refractivity contribution is 0.297. The maximum atomic E-state index is 14.8. The first-order valence-corrected chi connectivity index (χ1v) is 11.2. The van der Waals surface area contributed by atoms with Gasteiger partial charge < -0.3 is 14.4 Å². The lowest BCUT2D eigenvalue weighted by Gasteiger charge is -2.33. The summed E-state index contributed by atoms with van der Waals surface area (Å²) >= 11 is 0. The van der Waals surface area contributed by atoms with E-state index in [-0.39, 0.29) is 17.6 Å². The van der Waals surface area contributed by atoms with Crippen LogP contribution in [0, 0.1) is 5.82 Å². The van der Waals surface area contributed by atoms with Crippen molar-refractivity contribution in [1.82, 2.24) is 0 Å². The third-order valence-corrected chi connectivity index (χ3v) is 6.96. The molecule has 33 heavy (non-hydrogen) atoms. The summed E-state index contributed by atoms with van der Waals surface area (Å²) in [5.41, 5.74) is 5.20. The summed E-state index contributed by atoms with van der Waals surface area (Å²) in [6.07, 6.45) is 0. The molecule has 4 aromatic rings. The zero-order valence-corrected chi connectivity index (χ0v) is 18.4. The average molecular weight is 438 g/mol. The first kappa shape index (κ1) is 19.9. The molecule has 0 amide bonds. The minimum atomic E-state index is -0.444. The number of fused-ring (bicyclic) bond motifs is 4. The number of halogens is 1. The number of hydrogen-bond acceptors (Lipinski definition) is 3. The summed E-state index contributed by atoms with van der Waals surface area (Å²) in [6.45, 7) is 1.17. The predicted molar refractivity (Wildman–Crippen MR) is 128 cm³/mol. The molecular formula is C29H24FNO2. The molecule has 1 spiro atoms. The normalized spacial score (nSPS) is 18.3. The third kappa shape index (κ3) is 3.01. The van der Waals surface area contributed by atoms with E-state index in [0.717, 1.165) is 11.3 Å². The van der Waals surface area contributed by atoms with Crippen LogP contribution in [0.25, 0.3) is 0 Å². The molecule has 4 aromatic carbocycles. The van der Waals surface area contributed by atoms with Crippen molar-refractivity contribution in [2.45, 2.75) is 11.5 Å². The zero-order chi connectivity index (χ0) is 22.4. The van der Waals surface area contributed by atoms with Crippen LogP contribution in [0.1, 0.15) is 28.3 Å². The Bertz CT molecular complexity index is 1270. The molecule has 164 valence electrons. The fourth-order valence-corrected chi connectivity index (χ4v) is 5.46. The quantitative estimate of drug-likeness (QED) is 0.384. The molecule has 3 nitrogen and oxygen atoms in total. The number of benzene rings is 4. The van der Waals surface area contributed by atoms with Gasteiger partial charge in [-0.1, -0.05) is 78.9 Å². The summed E-state index contributed by atoms with van der Waals surface area (Å²) in [4.78, 5) is 2.45. The van der Waals surface area contributed by atoms with Crippen molar-refractivity contribution >= 4 is 5.69 Å². The van der Waals surface area contributed by atoms with Gasteiger partial charge in [-0.25, -0.2) is 4.39 Å². The summed E-state index contributed by atoms with van der Waals surface area (Å²) in [5.74, 6) is 0.543. The second-order valence-electron chi connectivity index (χ2n) is 8.72. The number of nitrogens with zero attached hydrogens (tertiary/aromatic N) is 1. The molecule has 6 rings (SSSR count). The van der Waals surface area contributed by atoms with Crippen LogP contribution in [-0.2, 0) is 5.41 Å². The molecule has 4 heteroatoms. The largest absolute Gasteiger partial charge is 0.494 e. The number of para-hydroxylation sites is 1. The minimum absolute atomic E-state index is 0.0278. The van der Waals surface area contributed by atoms with Crippen molar-refractivity contribution in [3.63, 3.8) is 0 Å². The van der Waals surface area contributed by atoms with E-state index in [0.29, 0.717) is 18.9 Å². The van der Waals surface area contributed by atoms with Gasteiger partial charge in [-0.2, -0.15) is 0 Å². The highest BCUT2D eigenvalue weighted by atomic mass is 19.1. The van der Waals surface area contributed by atoms with Crippen LogP contribution < -0.4 is 14.4 Å². The Labute approximate surface area is 193 Å². The first-order chi connectivity index (χ1) is 16.2. The molecule has 0 fully saturated rings. The Hall–Kier alpha value is -3.79. The van der Waals surface area contributed by atoms with Gasteiger partial charge >= 0.3 is 0 Å². The van der Waals surface area contributed by atoms with Gasteiger partial charge in [0, 0.05) is 23.9 Å². The third-order valence-electron chi connectivity index (χ3n) is 6.96. The fourth-order valence-electron chi connectivity index (χ4n) is 5.46. The topological polar surface area (TPSA) is 21.7 Å². The van der Waals surface area contributed by atoms with Crippen LogP contribution in [-0.4, -0.2) is 20.3 Å². The van der Waals surface area contributed by atoms with Gasteiger partial charge in [0.1, 0.15) is 12.4 Å². The van der Waals surface area contributed by atoms with Gasteiger partial charge in [0.05, 0.1) is 18.6 Å². The smallest absolute Gasteiger partial charge is 0.165 e. The Kier molecular flexibility index (Phi) is 4.61. The number of rotatable bonds is 4. The van der Waals surface area contributed by atoms with Crippen LogP contribution >= 0.6 is 0 Å². The van der Waals surface area contributed by atoms with Gasteiger partial charge in [0.2, 0.25) is 0 Å². The van der Waals surface area contributed by atoms with Crippen molar-refractivity contribution < 1.29 is 13.9 Å². The molecule has 0 bridgehead atoms. The van der Waals surface area contributed by atoms with Crippen LogP contribution in [0.3, 0.4) is 0 Å². The van der Waals surface area contributed by atoms with Gasteiger partial charge in [-0.15, -0.1) is 0 Å². The SMILES string of the molecule is COc1cc2c(cc1F)C1(CO2)CN(C(c2ccccc2)c2ccccc2)c2ccccc21. The highest BCUT2D eigenvalue weighted by molar-refractivity contribution is 5.71. The maximum absolute atomic E-state index is 14.8. The van der Waals surface area contributed by atoms with Gasteiger partial charge in [0.25, 0.3) is 0 Å². The van der Waals surface area contributed by atoms with Crippen LogP contribution in [0.4, 0.5) is 10.1 Å². The Balaban J connectivity index is 1.53. The molecule has 2 heterocycles. The van der Waals surface area contributed by atoms with Crippen LogP contribution in [0.2, 0.25) is 0 Å². The first-order valence-electron chi connectivity index (χ1n) is 11.2. The van der Waals surface area contributed by atoms with Crippen molar-refractivity contribution in [2.24, 2.45) is 0 Å². The Morgan fingerprint density at radius 2 is 1.48 bits per heavy atom. The van der Waals surface area contributed by atoms with Crippen molar-refractivity contribution in [1.29, 1.82) is 0 Å². The number of anilines is 1. The fraction of sp³-hybridized carbons (Fsp3) is 0.172. The van der Waals surface area contributed by atoms with E-state index in [1.165, 1.54) is 23.8 Å². The summed E-state index contributed by atoms with van der Waals surface area (Å²) < 4.78 is 26.2. The molecule has 2 aliphatic rings. The summed E-state index contributed by atoms with van der Waals surface area (Å²) in [5, 5.41) is 0. The molecule has 0 radical (unpaired) electrons. The lowest BCUT2D eigenvalue weighted by Crippen LogP contribution is -2.38. The van der Waals surface area contributed by atoms with E-state index >= 15 is 0 Å². The van der Waals surface area contributed by atoms with Gasteiger partial charge in [0.15, 0.2) is 11.6 Å². The molecule has 1 unspecified atom stereocenters. The Morgan fingerprint density at radius 3 is 2.15 bits per heavy atom. The maximum Gasteiger partial charge on any atom is 0.165 e. The molecule has 0 N–H and O–H groups in total. The summed E-state index contributed by atoms with van der Waals surface area (Å²) in [7, 11) is 1.48. The van der Waals surface area contributed by atoms with E-state index in [9.17, 15) is 4.39 Å². The van der Waals surface area contributed by atoms with Crippen molar-refractivity contribution in [3.8, 4) is 11.5 Å². The monoisotopic (exact) mass is 437 g/mol. The number of methoxy groups -OCH3 is 1. The van der Waals surface area contributed by atoms with Crippen LogP contribution in [0.5, 0.6) is 11.5 Å². The van der Waals surface area contributed by atoms with Gasteiger partial charge in [-0.05, 0) is 28.8 Å². The van der Waals surface area contributed by atoms with Crippen molar-refractivity contribution in [2.75, 3.05) is 25.2 Å². The molecule has 0 saturated carbocycles. The average Bonchev–Trinajstić information content (AvgIpc) is 3.39. The van der Waals surface area contributed by atoms with E-state index in [2.05, 4.69) is 77.7 Å². The zero-order valence-electron chi connectivity index (χ0n) is 18.4. The van der Waals surface area contributed by atoms with Gasteiger partial charge in [-0.3, -0.25) is 0 Å². The van der Waals surface area contributed by atoms with E-state index in [1.807, 2.05) is 12.1 Å². The van der Waals surface area contributed by atoms with Crippen LogP contribution in [0.15, 0.2) is 97.1 Å². The second kappa shape index (κ2) is 7.66. The number of hydrogen-bond donors (Lipinski definition) is 0. The summed E-state index contributed by atoms with van der Waals surface area (Å²) in [6, 6.07) is 32.9. The standard InChI is InChI=1S/C29H24FNO2/c1-32-27-17-26-23(16-24(27)30)29(19-33-26)18-31(25-15-9-8-14-22(25)29)28(20-10-4-2-5-11-20)21-12-6-3-7-13-21/h2-17,28H,18-19H2,1H3.